The van der Waals surface area contributed by atoms with Gasteiger partial charge in [-0.25, -0.2) is 0 Å². The van der Waals surface area contributed by atoms with Gasteiger partial charge in [0.1, 0.15) is 0 Å². The number of unbranched alkanes of at least 4 members (excludes halogenated alkanes) is 10. The Morgan fingerprint density at radius 2 is 1.17 bits per heavy atom. The largest absolute Gasteiger partial charge is 0.481 e. The van der Waals surface area contributed by atoms with Gasteiger partial charge < -0.3 is 5.11 Å². The fourth-order valence-electron chi connectivity index (χ4n) is 4.49. The molecule has 0 bridgehead atoms. The van der Waals surface area contributed by atoms with Gasteiger partial charge in [-0.05, 0) is 56.8 Å². The van der Waals surface area contributed by atoms with Gasteiger partial charge in [0.2, 0.25) is 0 Å². The summed E-state index contributed by atoms with van der Waals surface area (Å²) >= 11 is 0. The van der Waals surface area contributed by atoms with Gasteiger partial charge in [0, 0.05) is 0 Å². The highest BCUT2D eigenvalue weighted by Gasteiger charge is 2.38. The van der Waals surface area contributed by atoms with Gasteiger partial charge in [0.05, 0.1) is 5.41 Å². The van der Waals surface area contributed by atoms with E-state index < -0.39 is 11.4 Å². The van der Waals surface area contributed by atoms with E-state index in [2.05, 4.69) is 46.8 Å². The molecule has 0 radical (unpaired) electrons. The first-order valence-corrected chi connectivity index (χ1v) is 12.2. The molecule has 0 spiro atoms. The first kappa shape index (κ1) is 30.9. The normalized spacial score (nSPS) is 12.1. The number of carbonyl (C=O) groups is 1. The van der Waals surface area contributed by atoms with Crippen molar-refractivity contribution in [1.82, 2.24) is 0 Å². The van der Waals surface area contributed by atoms with E-state index in [0.29, 0.717) is 11.8 Å². The van der Waals surface area contributed by atoms with Crippen LogP contribution in [0.4, 0.5) is 0 Å². The maximum atomic E-state index is 12.0. The van der Waals surface area contributed by atoms with Gasteiger partial charge >= 0.3 is 5.97 Å². The van der Waals surface area contributed by atoms with Crippen molar-refractivity contribution in [2.24, 2.45) is 17.3 Å². The predicted octanol–water partition coefficient (Wildman–Crippen LogP) is 7.61. The van der Waals surface area contributed by atoms with E-state index in [0.717, 1.165) is 32.1 Å². The summed E-state index contributed by atoms with van der Waals surface area (Å²) in [5.41, 5.74) is -0.515. The van der Waals surface area contributed by atoms with Crippen LogP contribution in [0.5, 0.6) is 0 Å². The second-order valence-corrected chi connectivity index (χ2v) is 9.76. The molecule has 0 atom stereocenters. The number of allylic oxidation sites excluding steroid dienone is 2. The van der Waals surface area contributed by atoms with Crippen molar-refractivity contribution < 1.29 is 9.90 Å². The molecule has 0 aromatic carbocycles. The number of hydrogen-bond donors (Lipinski definition) is 1. The molecule has 0 aromatic rings. The Hall–Kier alpha value is -0.258. The maximum Gasteiger partial charge on any atom is 0.309 e. The Morgan fingerprint density at radius 1 is 0.759 bits per heavy atom. The van der Waals surface area contributed by atoms with Crippen LogP contribution in [-0.4, -0.2) is 28.4 Å². The molecule has 0 rings (SSSR count). The average Bonchev–Trinajstić information content (AvgIpc) is 2.60. The summed E-state index contributed by atoms with van der Waals surface area (Å²) in [6.45, 7) is 10.9. The quantitative estimate of drug-likeness (QED) is 0.132. The molecule has 172 valence electrons. The fraction of sp³-hybridized carbons (Fsp3) is 0.885. The lowest BCUT2D eigenvalue weighted by molar-refractivity contribution is -0.152. The van der Waals surface area contributed by atoms with Crippen molar-refractivity contribution in [2.75, 3.05) is 0 Å². The Labute approximate surface area is 193 Å². The summed E-state index contributed by atoms with van der Waals surface area (Å²) in [5, 5.41) is 9.92. The molecular weight excluding hydrogens is 371 g/mol. The van der Waals surface area contributed by atoms with Crippen molar-refractivity contribution in [3.8, 4) is 0 Å². The summed E-state index contributed by atoms with van der Waals surface area (Å²) in [6, 6.07) is 0. The third kappa shape index (κ3) is 17.1. The lowest BCUT2D eigenvalue weighted by Crippen LogP contribution is -2.34. The van der Waals surface area contributed by atoms with Crippen LogP contribution in [0.1, 0.15) is 131 Å². The zero-order chi connectivity index (χ0) is 21.3. The van der Waals surface area contributed by atoms with E-state index in [1.54, 1.807) is 0 Å². The highest BCUT2D eigenvalue weighted by Crippen LogP contribution is 2.39. The molecule has 0 aliphatic heterocycles. The van der Waals surface area contributed by atoms with Crippen molar-refractivity contribution in [2.45, 2.75) is 131 Å². The Kier molecular flexibility index (Phi) is 21.0. The van der Waals surface area contributed by atoms with Crippen molar-refractivity contribution in [3.63, 3.8) is 0 Å². The predicted molar refractivity (Wildman–Crippen MR) is 134 cm³/mol. The van der Waals surface area contributed by atoms with E-state index in [4.69, 9.17) is 0 Å². The molecule has 1 N–H and O–H groups in total. The summed E-state index contributed by atoms with van der Waals surface area (Å²) in [4.78, 5) is 12.0. The van der Waals surface area contributed by atoms with Crippen LogP contribution in [0.15, 0.2) is 12.2 Å². The molecule has 0 aliphatic rings. The number of rotatable bonds is 19. The smallest absolute Gasteiger partial charge is 0.309 e. The van der Waals surface area contributed by atoms with Crippen molar-refractivity contribution in [3.05, 3.63) is 12.2 Å². The minimum atomic E-state index is -0.576. The summed E-state index contributed by atoms with van der Waals surface area (Å²) in [7, 11) is 0. The lowest BCUT2D eigenvalue weighted by atomic mass is 9.71. The SMILES string of the molecule is CCCCCCCC/C=C\CCCCCCC(CC(C)C)(CC(C)C)C(=O)O.[AlH3]. The topological polar surface area (TPSA) is 37.3 Å². The van der Waals surface area contributed by atoms with Gasteiger partial charge in [0.25, 0.3) is 0 Å². The summed E-state index contributed by atoms with van der Waals surface area (Å²) < 4.78 is 0. The fourth-order valence-corrected chi connectivity index (χ4v) is 4.49. The number of carboxylic acids is 1. The standard InChI is InChI=1S/C26H50O2.Al.3H/c1-6-7-8-9-10-11-12-13-14-15-16-17-18-19-20-26(25(27)28,21-23(2)3)22-24(4)5;;;;/h13-14,23-24H,6-12,15-22H2,1-5H3,(H,27,28);;;;/b14-13-;;;;. The molecule has 0 unspecified atom stereocenters. The first-order valence-electron chi connectivity index (χ1n) is 12.2. The van der Waals surface area contributed by atoms with Crippen LogP contribution < -0.4 is 0 Å². The zero-order valence-corrected chi connectivity index (χ0v) is 19.8. The van der Waals surface area contributed by atoms with Gasteiger partial charge in [0.15, 0.2) is 17.4 Å². The third-order valence-corrected chi connectivity index (χ3v) is 5.72. The minimum absolute atomic E-state index is 0. The molecule has 3 heteroatoms. The number of hydrogen-bond acceptors (Lipinski definition) is 1. The lowest BCUT2D eigenvalue weighted by Gasteiger charge is -2.33. The van der Waals surface area contributed by atoms with Crippen LogP contribution in [0.25, 0.3) is 0 Å². The Balaban J connectivity index is 0. The zero-order valence-electron chi connectivity index (χ0n) is 19.8. The maximum absolute atomic E-state index is 12.0. The molecule has 0 aromatic heterocycles. The van der Waals surface area contributed by atoms with Crippen LogP contribution in [-0.2, 0) is 4.79 Å². The molecular formula is C26H53AlO2. The van der Waals surface area contributed by atoms with Crippen LogP contribution in [0, 0.1) is 17.3 Å². The summed E-state index contributed by atoms with van der Waals surface area (Å²) in [5.74, 6) is 0.297. The highest BCUT2D eigenvalue weighted by molar-refractivity contribution is 5.75. The van der Waals surface area contributed by atoms with Crippen molar-refractivity contribution in [1.29, 1.82) is 0 Å². The van der Waals surface area contributed by atoms with Gasteiger partial charge in [-0.1, -0.05) is 98.1 Å². The molecule has 0 heterocycles. The molecule has 0 saturated carbocycles. The molecule has 0 saturated heterocycles. The molecule has 29 heavy (non-hydrogen) atoms. The van der Waals surface area contributed by atoms with E-state index in [1.807, 2.05) is 0 Å². The van der Waals surface area contributed by atoms with Crippen molar-refractivity contribution >= 4 is 23.3 Å². The highest BCUT2D eigenvalue weighted by atomic mass is 27.0. The third-order valence-electron chi connectivity index (χ3n) is 5.72. The minimum Gasteiger partial charge on any atom is -0.481 e. The number of carboxylic acid groups (broad SMARTS) is 1. The number of aliphatic carboxylic acids is 1. The average molecular weight is 425 g/mol. The molecule has 2 nitrogen and oxygen atoms in total. The summed E-state index contributed by atoms with van der Waals surface area (Å²) in [6.07, 6.45) is 22.5. The van der Waals surface area contributed by atoms with E-state index in [9.17, 15) is 9.90 Å². The van der Waals surface area contributed by atoms with Crippen LogP contribution in [0.3, 0.4) is 0 Å². The molecule has 0 fully saturated rings. The Bertz CT molecular complexity index is 392. The van der Waals surface area contributed by atoms with Gasteiger partial charge in [-0.2, -0.15) is 0 Å². The first-order chi connectivity index (χ1) is 13.3. The second kappa shape index (κ2) is 19.7. The van der Waals surface area contributed by atoms with E-state index in [-0.39, 0.29) is 17.4 Å². The van der Waals surface area contributed by atoms with Gasteiger partial charge in [-0.3, -0.25) is 4.79 Å². The second-order valence-electron chi connectivity index (χ2n) is 9.76. The molecule has 0 aliphatic carbocycles. The van der Waals surface area contributed by atoms with E-state index >= 15 is 0 Å². The van der Waals surface area contributed by atoms with E-state index in [1.165, 1.54) is 64.2 Å². The van der Waals surface area contributed by atoms with Crippen LogP contribution in [0.2, 0.25) is 0 Å². The monoisotopic (exact) mass is 424 g/mol. The van der Waals surface area contributed by atoms with Gasteiger partial charge in [-0.15, -0.1) is 0 Å². The Morgan fingerprint density at radius 3 is 1.59 bits per heavy atom. The van der Waals surface area contributed by atoms with Crippen LogP contribution >= 0.6 is 0 Å². The molecule has 0 amide bonds.